The summed E-state index contributed by atoms with van der Waals surface area (Å²) in [5.41, 5.74) is 1.95. The molecule has 0 unspecified atom stereocenters. The van der Waals surface area contributed by atoms with Crippen LogP contribution in [0.15, 0.2) is 18.2 Å². The number of benzene rings is 1. The van der Waals surface area contributed by atoms with Crippen molar-refractivity contribution in [2.75, 3.05) is 30.8 Å². The summed E-state index contributed by atoms with van der Waals surface area (Å²) in [6, 6.07) is 6.70. The maximum absolute atomic E-state index is 6.15. The Balaban J connectivity index is 1.54. The summed E-state index contributed by atoms with van der Waals surface area (Å²) in [6.07, 6.45) is 9.45. The van der Waals surface area contributed by atoms with E-state index < -0.39 is 0 Å². The zero-order valence-electron chi connectivity index (χ0n) is 18.6. The van der Waals surface area contributed by atoms with Crippen molar-refractivity contribution in [3.8, 4) is 11.8 Å². The van der Waals surface area contributed by atoms with E-state index in [4.69, 9.17) is 9.47 Å². The minimum Gasteiger partial charge on any atom is -0.496 e. The number of nitrogens with zero attached hydrogens (tertiary/aromatic N) is 3. The number of methoxy groups -OCH3 is 1. The zero-order valence-corrected chi connectivity index (χ0v) is 18.6. The van der Waals surface area contributed by atoms with Gasteiger partial charge in [-0.05, 0) is 69.5 Å². The first-order chi connectivity index (χ1) is 15.2. The third kappa shape index (κ3) is 6.19. The van der Waals surface area contributed by atoms with E-state index in [0.717, 1.165) is 55.8 Å². The number of ether oxygens (including phenoxy) is 2. The van der Waals surface area contributed by atoms with Gasteiger partial charge in [-0.1, -0.05) is 25.7 Å². The lowest BCUT2D eigenvalue weighted by atomic mass is 10.1. The molecule has 0 amide bonds. The smallest absolute Gasteiger partial charge is 0.323 e. The molecule has 2 aromatic rings. The monoisotopic (exact) mass is 426 g/mol. The fourth-order valence-corrected chi connectivity index (χ4v) is 4.28. The summed E-state index contributed by atoms with van der Waals surface area (Å²) >= 11 is 0. The molecule has 8 heteroatoms. The van der Waals surface area contributed by atoms with Gasteiger partial charge in [0.15, 0.2) is 0 Å². The van der Waals surface area contributed by atoms with E-state index in [2.05, 4.69) is 30.9 Å². The first-order valence-electron chi connectivity index (χ1n) is 11.5. The van der Waals surface area contributed by atoms with Gasteiger partial charge in [-0.25, -0.2) is 0 Å². The fraction of sp³-hybridized carbons (Fsp3) is 0.609. The molecule has 2 fully saturated rings. The number of piperidine rings is 1. The zero-order chi connectivity index (χ0) is 21.5. The van der Waals surface area contributed by atoms with Crippen molar-refractivity contribution in [2.45, 2.75) is 70.4 Å². The van der Waals surface area contributed by atoms with Crippen LogP contribution in [0.25, 0.3) is 0 Å². The van der Waals surface area contributed by atoms with Crippen molar-refractivity contribution >= 4 is 17.6 Å². The van der Waals surface area contributed by atoms with Crippen molar-refractivity contribution in [1.29, 1.82) is 0 Å². The maximum Gasteiger partial charge on any atom is 0.323 e. The lowest BCUT2D eigenvalue weighted by Gasteiger charge is -2.23. The summed E-state index contributed by atoms with van der Waals surface area (Å²) in [5.74, 6) is 1.92. The molecule has 0 radical (unpaired) electrons. The SMILES string of the molecule is COc1ccc(Nc2nc(NC3CCCCCC3)nc(OC3CCNCC3)n2)cc1C. The van der Waals surface area contributed by atoms with Crippen LogP contribution in [-0.2, 0) is 0 Å². The number of nitrogens with one attached hydrogen (secondary N) is 3. The predicted molar refractivity (Wildman–Crippen MR) is 122 cm³/mol. The molecule has 2 aliphatic rings. The first-order valence-corrected chi connectivity index (χ1v) is 11.5. The predicted octanol–water partition coefficient (Wildman–Crippen LogP) is 4.20. The molecule has 4 rings (SSSR count). The quantitative estimate of drug-likeness (QED) is 0.567. The standard InChI is InChI=1S/C23H34N6O2/c1-16-15-18(9-10-20(16)30-2)26-22-27-21(25-17-7-5-3-4-6-8-17)28-23(29-22)31-19-11-13-24-14-12-19/h9-10,15,17,19,24H,3-8,11-14H2,1-2H3,(H2,25,26,27,28,29). The fourth-order valence-electron chi connectivity index (χ4n) is 4.28. The average Bonchev–Trinajstić information content (AvgIpc) is 3.03. The maximum atomic E-state index is 6.15. The highest BCUT2D eigenvalue weighted by atomic mass is 16.5. The Hall–Kier alpha value is -2.61. The minimum atomic E-state index is 0.130. The topological polar surface area (TPSA) is 93.2 Å². The summed E-state index contributed by atoms with van der Waals surface area (Å²) < 4.78 is 11.5. The number of hydrogen-bond donors (Lipinski definition) is 3. The molecule has 1 saturated heterocycles. The Morgan fingerprint density at radius 3 is 2.39 bits per heavy atom. The molecule has 1 saturated carbocycles. The molecular formula is C23H34N6O2. The lowest BCUT2D eigenvalue weighted by Crippen LogP contribution is -2.34. The van der Waals surface area contributed by atoms with Gasteiger partial charge < -0.3 is 25.4 Å². The summed E-state index contributed by atoms with van der Waals surface area (Å²) in [5, 5.41) is 10.2. The lowest BCUT2D eigenvalue weighted by molar-refractivity contribution is 0.149. The van der Waals surface area contributed by atoms with Crippen molar-refractivity contribution in [1.82, 2.24) is 20.3 Å². The highest BCUT2D eigenvalue weighted by Gasteiger charge is 2.19. The number of hydrogen-bond acceptors (Lipinski definition) is 8. The van der Waals surface area contributed by atoms with Gasteiger partial charge in [0.25, 0.3) is 0 Å². The molecule has 0 spiro atoms. The molecule has 8 nitrogen and oxygen atoms in total. The van der Waals surface area contributed by atoms with Gasteiger partial charge in [-0.15, -0.1) is 0 Å². The molecule has 2 heterocycles. The van der Waals surface area contributed by atoms with E-state index >= 15 is 0 Å². The van der Waals surface area contributed by atoms with Crippen LogP contribution >= 0.6 is 0 Å². The number of aromatic nitrogens is 3. The van der Waals surface area contributed by atoms with Crippen LogP contribution in [0.5, 0.6) is 11.8 Å². The normalized spacial score (nSPS) is 18.3. The third-order valence-corrected chi connectivity index (χ3v) is 6.01. The van der Waals surface area contributed by atoms with Crippen LogP contribution in [0.3, 0.4) is 0 Å². The molecule has 0 atom stereocenters. The molecule has 3 N–H and O–H groups in total. The molecule has 1 aliphatic carbocycles. The Bertz CT molecular complexity index is 848. The number of rotatable bonds is 7. The van der Waals surface area contributed by atoms with E-state index in [-0.39, 0.29) is 6.10 Å². The summed E-state index contributed by atoms with van der Waals surface area (Å²) in [6.45, 7) is 3.93. The number of aryl methyl sites for hydroxylation is 1. The van der Waals surface area contributed by atoms with E-state index in [1.807, 2.05) is 25.1 Å². The van der Waals surface area contributed by atoms with Gasteiger partial charge in [-0.3, -0.25) is 0 Å². The average molecular weight is 427 g/mol. The van der Waals surface area contributed by atoms with Crippen molar-refractivity contribution in [3.05, 3.63) is 23.8 Å². The Morgan fingerprint density at radius 1 is 0.935 bits per heavy atom. The highest BCUT2D eigenvalue weighted by Crippen LogP contribution is 2.25. The molecular weight excluding hydrogens is 392 g/mol. The van der Waals surface area contributed by atoms with E-state index in [9.17, 15) is 0 Å². The molecule has 168 valence electrons. The van der Waals surface area contributed by atoms with Gasteiger partial charge in [0.2, 0.25) is 11.9 Å². The first kappa shape index (κ1) is 21.6. The summed E-state index contributed by atoms with van der Waals surface area (Å²) in [4.78, 5) is 13.8. The highest BCUT2D eigenvalue weighted by molar-refractivity contribution is 5.58. The van der Waals surface area contributed by atoms with Crippen LogP contribution in [0.4, 0.5) is 17.6 Å². The molecule has 0 bridgehead atoms. The third-order valence-electron chi connectivity index (χ3n) is 6.01. The second kappa shape index (κ2) is 10.6. The van der Waals surface area contributed by atoms with Crippen LogP contribution in [0, 0.1) is 6.92 Å². The van der Waals surface area contributed by atoms with E-state index in [0.29, 0.717) is 23.9 Å². The Labute approximate surface area is 184 Å². The second-order valence-corrected chi connectivity index (χ2v) is 8.47. The molecule has 1 aromatic heterocycles. The van der Waals surface area contributed by atoms with Crippen molar-refractivity contribution < 1.29 is 9.47 Å². The van der Waals surface area contributed by atoms with Gasteiger partial charge in [0.1, 0.15) is 11.9 Å². The molecule has 31 heavy (non-hydrogen) atoms. The largest absolute Gasteiger partial charge is 0.496 e. The van der Waals surface area contributed by atoms with Gasteiger partial charge in [0.05, 0.1) is 7.11 Å². The Kier molecular flexibility index (Phi) is 7.40. The van der Waals surface area contributed by atoms with Crippen LogP contribution in [0.1, 0.15) is 56.9 Å². The minimum absolute atomic E-state index is 0.130. The van der Waals surface area contributed by atoms with Crippen LogP contribution in [-0.4, -0.2) is 47.3 Å². The molecule has 1 aliphatic heterocycles. The van der Waals surface area contributed by atoms with Crippen LogP contribution in [0.2, 0.25) is 0 Å². The van der Waals surface area contributed by atoms with E-state index in [1.165, 1.54) is 25.7 Å². The van der Waals surface area contributed by atoms with E-state index in [1.54, 1.807) is 7.11 Å². The van der Waals surface area contributed by atoms with Gasteiger partial charge in [-0.2, -0.15) is 15.0 Å². The van der Waals surface area contributed by atoms with Gasteiger partial charge >= 0.3 is 6.01 Å². The van der Waals surface area contributed by atoms with Crippen molar-refractivity contribution in [2.24, 2.45) is 0 Å². The summed E-state index contributed by atoms with van der Waals surface area (Å²) in [7, 11) is 1.68. The van der Waals surface area contributed by atoms with Crippen LogP contribution < -0.4 is 25.4 Å². The van der Waals surface area contributed by atoms with Crippen molar-refractivity contribution in [3.63, 3.8) is 0 Å². The second-order valence-electron chi connectivity index (χ2n) is 8.47. The van der Waals surface area contributed by atoms with Gasteiger partial charge in [0, 0.05) is 11.7 Å². The molecule has 1 aromatic carbocycles. The Morgan fingerprint density at radius 2 is 1.68 bits per heavy atom. The number of anilines is 3.